The van der Waals surface area contributed by atoms with Crippen molar-refractivity contribution in [2.75, 3.05) is 18.0 Å². The molecule has 3 heterocycles. The molecule has 0 radical (unpaired) electrons. The minimum absolute atomic E-state index is 0.0501. The first kappa shape index (κ1) is 17.0. The van der Waals surface area contributed by atoms with Crippen LogP contribution < -0.4 is 10.2 Å². The highest BCUT2D eigenvalue weighted by atomic mass is 32.1. The molecular formula is C19H23N5OS. The number of nitrogens with one attached hydrogen (secondary N) is 1. The van der Waals surface area contributed by atoms with Gasteiger partial charge in [-0.15, -0.1) is 0 Å². The molecule has 0 saturated carbocycles. The predicted molar refractivity (Wildman–Crippen MR) is 105 cm³/mol. The van der Waals surface area contributed by atoms with Crippen LogP contribution in [0.4, 0.5) is 5.82 Å². The fourth-order valence-electron chi connectivity index (χ4n) is 3.69. The molecule has 1 aliphatic rings. The largest absolute Gasteiger partial charge is 0.355 e. The topological polar surface area (TPSA) is 63.1 Å². The number of carbonyl (C=O) groups excluding carboxylic acids is 1. The molecule has 1 amide bonds. The van der Waals surface area contributed by atoms with Crippen molar-refractivity contribution in [2.24, 2.45) is 7.05 Å². The highest BCUT2D eigenvalue weighted by Gasteiger charge is 2.24. The lowest BCUT2D eigenvalue weighted by Crippen LogP contribution is -2.48. The van der Waals surface area contributed by atoms with E-state index in [0.717, 1.165) is 53.2 Å². The molecule has 136 valence electrons. The third-order valence-corrected chi connectivity index (χ3v) is 5.73. The van der Waals surface area contributed by atoms with Gasteiger partial charge in [0.2, 0.25) is 5.91 Å². The summed E-state index contributed by atoms with van der Waals surface area (Å²) in [7, 11) is 1.97. The van der Waals surface area contributed by atoms with Crippen LogP contribution in [0, 0.1) is 6.92 Å². The number of carbonyl (C=O) groups is 1. The fourth-order valence-corrected chi connectivity index (χ4v) is 4.49. The van der Waals surface area contributed by atoms with Gasteiger partial charge in [-0.1, -0.05) is 18.2 Å². The summed E-state index contributed by atoms with van der Waals surface area (Å²) >= 11 is 1.46. The first-order chi connectivity index (χ1) is 12.6. The molecule has 3 aromatic rings. The first-order valence-corrected chi connectivity index (χ1v) is 9.76. The molecule has 1 atom stereocenters. The zero-order chi connectivity index (χ0) is 18.1. The van der Waals surface area contributed by atoms with Crippen LogP contribution in [0.2, 0.25) is 0 Å². The maximum atomic E-state index is 12.6. The molecule has 2 aromatic heterocycles. The highest BCUT2D eigenvalue weighted by Crippen LogP contribution is 2.23. The van der Waals surface area contributed by atoms with Crippen LogP contribution in [0.25, 0.3) is 10.1 Å². The van der Waals surface area contributed by atoms with E-state index in [-0.39, 0.29) is 11.9 Å². The number of fused-ring (bicyclic) bond motifs is 1. The Labute approximate surface area is 157 Å². The van der Waals surface area contributed by atoms with Gasteiger partial charge in [-0.2, -0.15) is 9.47 Å². The van der Waals surface area contributed by atoms with Gasteiger partial charge in [-0.3, -0.25) is 9.48 Å². The van der Waals surface area contributed by atoms with Gasteiger partial charge >= 0.3 is 0 Å². The van der Waals surface area contributed by atoms with E-state index < -0.39 is 0 Å². The number of piperidine rings is 1. The van der Waals surface area contributed by atoms with Gasteiger partial charge in [0.1, 0.15) is 5.82 Å². The molecule has 1 unspecified atom stereocenters. The van der Waals surface area contributed by atoms with Crippen molar-refractivity contribution in [2.45, 2.75) is 32.2 Å². The number of benzene rings is 1. The Morgan fingerprint density at radius 2 is 2.23 bits per heavy atom. The Hall–Kier alpha value is -2.41. The lowest BCUT2D eigenvalue weighted by atomic mass is 10.1. The molecule has 7 heteroatoms. The maximum absolute atomic E-state index is 12.6. The third kappa shape index (κ3) is 3.44. The fraction of sp³-hybridized carbons (Fsp3) is 0.421. The average Bonchev–Trinajstić information content (AvgIpc) is 3.18. The Morgan fingerprint density at radius 1 is 1.38 bits per heavy atom. The SMILES string of the molecule is Cc1cc(N2CCCC(NC(=O)Cc3nsc4ccccc34)C2)n(C)n1. The quantitative estimate of drug-likeness (QED) is 0.768. The zero-order valence-corrected chi connectivity index (χ0v) is 15.9. The zero-order valence-electron chi connectivity index (χ0n) is 15.1. The number of hydrogen-bond donors (Lipinski definition) is 1. The van der Waals surface area contributed by atoms with Crippen LogP contribution >= 0.6 is 11.5 Å². The van der Waals surface area contributed by atoms with Gasteiger partial charge in [0.25, 0.3) is 0 Å². The smallest absolute Gasteiger partial charge is 0.226 e. The number of aromatic nitrogens is 3. The number of hydrogen-bond acceptors (Lipinski definition) is 5. The normalized spacial score (nSPS) is 17.6. The molecule has 0 bridgehead atoms. The average molecular weight is 369 g/mol. The highest BCUT2D eigenvalue weighted by molar-refractivity contribution is 7.13. The van der Waals surface area contributed by atoms with Crippen LogP contribution in [0.15, 0.2) is 30.3 Å². The Morgan fingerprint density at radius 3 is 3.04 bits per heavy atom. The van der Waals surface area contributed by atoms with E-state index in [1.807, 2.05) is 42.9 Å². The van der Waals surface area contributed by atoms with E-state index >= 15 is 0 Å². The van der Waals surface area contributed by atoms with Gasteiger partial charge in [0, 0.05) is 37.6 Å². The standard InChI is InChI=1S/C19H23N5OS/c1-13-10-19(23(2)21-13)24-9-5-6-14(12-24)20-18(25)11-16-15-7-3-4-8-17(15)26-22-16/h3-4,7-8,10,14H,5-6,9,11-12H2,1-2H3,(H,20,25). The van der Waals surface area contributed by atoms with Crippen molar-refractivity contribution in [3.63, 3.8) is 0 Å². The predicted octanol–water partition coefficient (Wildman–Crippen LogP) is 2.67. The van der Waals surface area contributed by atoms with E-state index in [4.69, 9.17) is 0 Å². The summed E-state index contributed by atoms with van der Waals surface area (Å²) in [4.78, 5) is 14.9. The van der Waals surface area contributed by atoms with Gasteiger partial charge in [0.15, 0.2) is 0 Å². The first-order valence-electron chi connectivity index (χ1n) is 8.98. The van der Waals surface area contributed by atoms with Crippen LogP contribution in [0.1, 0.15) is 24.2 Å². The van der Waals surface area contributed by atoms with Crippen molar-refractivity contribution in [1.82, 2.24) is 19.5 Å². The molecule has 0 spiro atoms. The molecule has 0 aliphatic carbocycles. The molecule has 1 N–H and O–H groups in total. The summed E-state index contributed by atoms with van der Waals surface area (Å²) < 4.78 is 7.51. The van der Waals surface area contributed by atoms with Crippen LogP contribution in [-0.2, 0) is 18.3 Å². The minimum Gasteiger partial charge on any atom is -0.355 e. The van der Waals surface area contributed by atoms with Crippen LogP contribution in [0.3, 0.4) is 0 Å². The van der Waals surface area contributed by atoms with Crippen LogP contribution in [0.5, 0.6) is 0 Å². The molecule has 1 aliphatic heterocycles. The summed E-state index contributed by atoms with van der Waals surface area (Å²) in [5.74, 6) is 1.17. The van der Waals surface area contributed by atoms with Gasteiger partial charge in [0.05, 0.1) is 22.5 Å². The summed E-state index contributed by atoms with van der Waals surface area (Å²) in [6, 6.07) is 10.3. The molecule has 4 rings (SSSR count). The minimum atomic E-state index is 0.0501. The Kier molecular flexibility index (Phi) is 4.63. The van der Waals surface area contributed by atoms with Crippen LogP contribution in [-0.4, -0.2) is 39.2 Å². The second-order valence-corrected chi connectivity index (χ2v) is 7.73. The monoisotopic (exact) mass is 369 g/mol. The van der Waals surface area contributed by atoms with E-state index in [1.165, 1.54) is 11.5 Å². The van der Waals surface area contributed by atoms with Crippen molar-refractivity contribution >= 4 is 33.3 Å². The van der Waals surface area contributed by atoms with Crippen molar-refractivity contribution < 1.29 is 4.79 Å². The third-order valence-electron chi connectivity index (χ3n) is 4.87. The van der Waals surface area contributed by atoms with E-state index in [9.17, 15) is 4.79 Å². The number of anilines is 1. The van der Waals surface area contributed by atoms with Crippen molar-refractivity contribution in [3.8, 4) is 0 Å². The van der Waals surface area contributed by atoms with Gasteiger partial charge < -0.3 is 10.2 Å². The Bertz CT molecular complexity index is 931. The van der Waals surface area contributed by atoms with E-state index in [1.54, 1.807) is 0 Å². The second kappa shape index (κ2) is 7.07. The van der Waals surface area contributed by atoms with Crippen molar-refractivity contribution in [3.05, 3.63) is 41.7 Å². The molecule has 1 aromatic carbocycles. The molecule has 1 fully saturated rings. The number of nitrogens with zero attached hydrogens (tertiary/aromatic N) is 4. The molecular weight excluding hydrogens is 346 g/mol. The van der Waals surface area contributed by atoms with Gasteiger partial charge in [-0.05, 0) is 37.4 Å². The summed E-state index contributed by atoms with van der Waals surface area (Å²) in [6.45, 7) is 3.83. The van der Waals surface area contributed by atoms with E-state index in [0.29, 0.717) is 6.42 Å². The summed E-state index contributed by atoms with van der Waals surface area (Å²) in [5, 5.41) is 8.72. The lowest BCUT2D eigenvalue weighted by molar-refractivity contribution is -0.121. The van der Waals surface area contributed by atoms with Crippen molar-refractivity contribution in [1.29, 1.82) is 0 Å². The number of rotatable bonds is 4. The number of amides is 1. The molecule has 1 saturated heterocycles. The van der Waals surface area contributed by atoms with Gasteiger partial charge in [-0.25, -0.2) is 0 Å². The van der Waals surface area contributed by atoms with E-state index in [2.05, 4.69) is 25.8 Å². The maximum Gasteiger partial charge on any atom is 0.226 e. The molecule has 6 nitrogen and oxygen atoms in total. The summed E-state index contributed by atoms with van der Waals surface area (Å²) in [6.07, 6.45) is 2.41. The molecule has 26 heavy (non-hydrogen) atoms. The second-order valence-electron chi connectivity index (χ2n) is 6.92. The lowest BCUT2D eigenvalue weighted by Gasteiger charge is -2.34. The number of aryl methyl sites for hydroxylation is 2. The summed E-state index contributed by atoms with van der Waals surface area (Å²) in [5.41, 5.74) is 1.89. The Balaban J connectivity index is 1.40.